The summed E-state index contributed by atoms with van der Waals surface area (Å²) in [6.45, 7) is 7.74. The molecule has 0 spiro atoms. The Morgan fingerprint density at radius 3 is 2.26 bits per heavy atom. The zero-order valence-electron chi connectivity index (χ0n) is 18.5. The van der Waals surface area contributed by atoms with Crippen molar-refractivity contribution in [1.82, 2.24) is 9.62 Å². The SMILES string of the molecule is COc1cc(C)ccc1S(=O)(=O)NC(=O)C1(C)CCN1C(=O)Cc1cc(C)cc(C)c1. The standard InChI is InChI=1S/C23H28N2O5S/c1-15-6-7-20(19(13-15)30-5)31(28,29)24-22(27)23(4)8-9-25(23)21(26)14-18-11-16(2)10-17(3)12-18/h6-7,10-13H,8-9,14H2,1-5H3,(H,24,27). The lowest BCUT2D eigenvalue weighted by Crippen LogP contribution is -2.68. The van der Waals surface area contributed by atoms with E-state index in [2.05, 4.69) is 4.72 Å². The van der Waals surface area contributed by atoms with Gasteiger partial charge >= 0.3 is 0 Å². The van der Waals surface area contributed by atoms with E-state index in [0.29, 0.717) is 13.0 Å². The van der Waals surface area contributed by atoms with Gasteiger partial charge in [-0.15, -0.1) is 0 Å². The Bertz CT molecular complexity index is 1120. The predicted molar refractivity (Wildman–Crippen MR) is 117 cm³/mol. The number of carbonyl (C=O) groups excluding carboxylic acids is 2. The number of nitrogens with zero attached hydrogens (tertiary/aromatic N) is 1. The summed E-state index contributed by atoms with van der Waals surface area (Å²) in [6, 6.07) is 10.5. The third-order valence-electron chi connectivity index (χ3n) is 5.68. The van der Waals surface area contributed by atoms with E-state index in [0.717, 1.165) is 22.3 Å². The quantitative estimate of drug-likeness (QED) is 0.739. The van der Waals surface area contributed by atoms with Gasteiger partial charge in [0.15, 0.2) is 0 Å². The monoisotopic (exact) mass is 444 g/mol. The van der Waals surface area contributed by atoms with E-state index in [-0.39, 0.29) is 23.0 Å². The molecule has 2 aromatic rings. The summed E-state index contributed by atoms with van der Waals surface area (Å²) < 4.78 is 33.0. The molecule has 1 N–H and O–H groups in total. The molecule has 8 heteroatoms. The fraction of sp³-hybridized carbons (Fsp3) is 0.391. The Hall–Kier alpha value is -2.87. The summed E-state index contributed by atoms with van der Waals surface area (Å²) in [5.41, 5.74) is 2.60. The van der Waals surface area contributed by atoms with Crippen molar-refractivity contribution in [2.24, 2.45) is 0 Å². The number of nitrogens with one attached hydrogen (secondary N) is 1. The second kappa shape index (κ2) is 8.34. The fourth-order valence-corrected chi connectivity index (χ4v) is 5.15. The molecule has 0 radical (unpaired) electrons. The van der Waals surface area contributed by atoms with Gasteiger partial charge in [-0.1, -0.05) is 35.4 Å². The first-order valence-corrected chi connectivity index (χ1v) is 11.5. The van der Waals surface area contributed by atoms with Gasteiger partial charge in [-0.05, 0) is 57.4 Å². The third kappa shape index (κ3) is 4.58. The van der Waals surface area contributed by atoms with Gasteiger partial charge in [0.05, 0.1) is 13.5 Å². The molecule has 1 aliphatic rings. The molecule has 1 fully saturated rings. The molecular formula is C23H28N2O5S. The molecule has 2 amide bonds. The smallest absolute Gasteiger partial charge is 0.267 e. The molecule has 1 unspecified atom stereocenters. The summed E-state index contributed by atoms with van der Waals surface area (Å²) in [4.78, 5) is 27.2. The normalized spacial score (nSPS) is 18.3. The van der Waals surface area contributed by atoms with Crippen molar-refractivity contribution in [3.63, 3.8) is 0 Å². The van der Waals surface area contributed by atoms with Crippen molar-refractivity contribution in [3.8, 4) is 5.75 Å². The second-order valence-electron chi connectivity index (χ2n) is 8.33. The molecule has 2 aromatic carbocycles. The Morgan fingerprint density at radius 1 is 1.06 bits per heavy atom. The highest BCUT2D eigenvalue weighted by Gasteiger charge is 2.50. The van der Waals surface area contributed by atoms with Gasteiger partial charge in [0.25, 0.3) is 15.9 Å². The van der Waals surface area contributed by atoms with E-state index in [9.17, 15) is 18.0 Å². The molecule has 31 heavy (non-hydrogen) atoms. The van der Waals surface area contributed by atoms with Crippen LogP contribution in [-0.2, 0) is 26.0 Å². The van der Waals surface area contributed by atoms with Crippen LogP contribution in [-0.4, -0.2) is 44.3 Å². The minimum atomic E-state index is -4.16. The van der Waals surface area contributed by atoms with Gasteiger partial charge in [-0.2, -0.15) is 0 Å². The molecule has 0 bridgehead atoms. The van der Waals surface area contributed by atoms with Crippen molar-refractivity contribution in [1.29, 1.82) is 0 Å². The van der Waals surface area contributed by atoms with Crippen molar-refractivity contribution < 1.29 is 22.7 Å². The first kappa shape index (κ1) is 22.8. The number of carbonyl (C=O) groups is 2. The molecular weight excluding hydrogens is 416 g/mol. The Labute approximate surface area is 183 Å². The van der Waals surface area contributed by atoms with Gasteiger partial charge < -0.3 is 9.64 Å². The summed E-state index contributed by atoms with van der Waals surface area (Å²) in [7, 11) is -2.79. The number of ether oxygens (including phenoxy) is 1. The maximum absolute atomic E-state index is 13.0. The predicted octanol–water partition coefficient (Wildman–Crippen LogP) is 2.66. The van der Waals surface area contributed by atoms with E-state index < -0.39 is 21.5 Å². The number of aryl methyl sites for hydroxylation is 3. The average molecular weight is 445 g/mol. The minimum Gasteiger partial charge on any atom is -0.495 e. The van der Waals surface area contributed by atoms with Crippen LogP contribution in [0.15, 0.2) is 41.3 Å². The van der Waals surface area contributed by atoms with Crippen LogP contribution < -0.4 is 9.46 Å². The number of hydrogen-bond donors (Lipinski definition) is 1. The lowest BCUT2D eigenvalue weighted by molar-refractivity contribution is -0.156. The maximum atomic E-state index is 13.0. The highest BCUT2D eigenvalue weighted by Crippen LogP contribution is 2.33. The highest BCUT2D eigenvalue weighted by atomic mass is 32.2. The van der Waals surface area contributed by atoms with E-state index in [1.807, 2.05) is 39.0 Å². The molecule has 0 aliphatic carbocycles. The van der Waals surface area contributed by atoms with Crippen molar-refractivity contribution >= 4 is 21.8 Å². The van der Waals surface area contributed by atoms with Gasteiger partial charge in [0.1, 0.15) is 16.2 Å². The van der Waals surface area contributed by atoms with Crippen LogP contribution in [0.5, 0.6) is 5.75 Å². The lowest BCUT2D eigenvalue weighted by Gasteiger charge is -2.49. The number of sulfonamides is 1. The van der Waals surface area contributed by atoms with Crippen LogP contribution in [0.4, 0.5) is 0 Å². The van der Waals surface area contributed by atoms with Crippen molar-refractivity contribution in [3.05, 3.63) is 58.7 Å². The summed E-state index contributed by atoms with van der Waals surface area (Å²) in [5.74, 6) is -0.781. The number of rotatable bonds is 6. The molecule has 1 atom stereocenters. The summed E-state index contributed by atoms with van der Waals surface area (Å²) in [6.07, 6.45) is 0.544. The van der Waals surface area contributed by atoms with Gasteiger partial charge in [0, 0.05) is 6.54 Å². The largest absolute Gasteiger partial charge is 0.495 e. The molecule has 0 saturated carbocycles. The second-order valence-corrected chi connectivity index (χ2v) is 9.98. The van der Waals surface area contributed by atoms with Crippen LogP contribution >= 0.6 is 0 Å². The number of methoxy groups -OCH3 is 1. The van der Waals surface area contributed by atoms with Gasteiger partial charge in [0.2, 0.25) is 5.91 Å². The summed E-state index contributed by atoms with van der Waals surface area (Å²) in [5, 5.41) is 0. The number of amides is 2. The minimum absolute atomic E-state index is 0.120. The van der Waals surface area contributed by atoms with Crippen molar-refractivity contribution in [2.75, 3.05) is 13.7 Å². The van der Waals surface area contributed by atoms with Gasteiger partial charge in [-0.25, -0.2) is 13.1 Å². The number of hydrogen-bond acceptors (Lipinski definition) is 5. The molecule has 3 rings (SSSR count). The van der Waals surface area contributed by atoms with Crippen LogP contribution in [0.3, 0.4) is 0 Å². The zero-order chi connectivity index (χ0) is 23.0. The average Bonchev–Trinajstić information content (AvgIpc) is 2.64. The Morgan fingerprint density at radius 2 is 1.71 bits per heavy atom. The molecule has 1 aliphatic heterocycles. The maximum Gasteiger partial charge on any atom is 0.267 e. The van der Waals surface area contributed by atoms with Crippen LogP contribution in [0.1, 0.15) is 35.6 Å². The van der Waals surface area contributed by atoms with E-state index in [4.69, 9.17) is 4.74 Å². The molecule has 7 nitrogen and oxygen atoms in total. The van der Waals surface area contributed by atoms with E-state index >= 15 is 0 Å². The fourth-order valence-electron chi connectivity index (χ4n) is 3.92. The topological polar surface area (TPSA) is 92.8 Å². The Balaban J connectivity index is 1.77. The first-order chi connectivity index (χ1) is 14.5. The first-order valence-electron chi connectivity index (χ1n) is 10.1. The van der Waals surface area contributed by atoms with Crippen LogP contribution in [0.25, 0.3) is 0 Å². The van der Waals surface area contributed by atoms with Crippen molar-refractivity contribution in [2.45, 2.75) is 51.0 Å². The van der Waals surface area contributed by atoms with E-state index in [1.54, 1.807) is 19.1 Å². The molecule has 0 aromatic heterocycles. The van der Waals surface area contributed by atoms with Crippen LogP contribution in [0, 0.1) is 20.8 Å². The summed E-state index contributed by atoms with van der Waals surface area (Å²) >= 11 is 0. The van der Waals surface area contributed by atoms with Gasteiger partial charge in [-0.3, -0.25) is 9.59 Å². The molecule has 1 saturated heterocycles. The molecule has 166 valence electrons. The van der Waals surface area contributed by atoms with E-state index in [1.165, 1.54) is 18.1 Å². The number of benzene rings is 2. The third-order valence-corrected chi connectivity index (χ3v) is 7.05. The Kier molecular flexibility index (Phi) is 6.14. The number of likely N-dealkylation sites (tertiary alicyclic amines) is 1. The lowest BCUT2D eigenvalue weighted by atomic mass is 9.85. The highest BCUT2D eigenvalue weighted by molar-refractivity contribution is 7.90. The van der Waals surface area contributed by atoms with Crippen LogP contribution in [0.2, 0.25) is 0 Å². The molecule has 1 heterocycles. The zero-order valence-corrected chi connectivity index (χ0v) is 19.3.